The molecule has 0 bridgehead atoms. The predicted octanol–water partition coefficient (Wildman–Crippen LogP) is 2.98. The van der Waals surface area contributed by atoms with Gasteiger partial charge in [-0.25, -0.2) is 17.8 Å². The number of hydrogen-bond acceptors (Lipinski definition) is 4. The summed E-state index contributed by atoms with van der Waals surface area (Å²) in [6.45, 7) is 3.46. The zero-order chi connectivity index (χ0) is 19.9. The normalized spacial score (nSPS) is 16.3. The highest BCUT2D eigenvalue weighted by Crippen LogP contribution is 2.41. The molecule has 2 aromatic carbocycles. The topological polar surface area (TPSA) is 86.7 Å². The third-order valence-electron chi connectivity index (χ3n) is 4.51. The molecule has 1 aliphatic rings. The van der Waals surface area contributed by atoms with Gasteiger partial charge in [-0.1, -0.05) is 32.4 Å². The number of phenols is 1. The van der Waals surface area contributed by atoms with Crippen molar-refractivity contribution in [2.24, 2.45) is 5.92 Å². The SMILES string of the molecule is CC(C)CCCc1ccc2c(F)c(O)c(N3CC(=O)NS3(=O)=O)c(F)c2c1. The summed E-state index contributed by atoms with van der Waals surface area (Å²) in [6, 6.07) is 4.47. The fourth-order valence-corrected chi connectivity index (χ4v) is 4.33. The smallest absolute Gasteiger partial charge is 0.326 e. The van der Waals surface area contributed by atoms with Gasteiger partial charge in [-0.05, 0) is 30.4 Å². The average molecular weight is 398 g/mol. The third kappa shape index (κ3) is 3.55. The number of nitrogens with one attached hydrogen (secondary N) is 1. The second-order valence-electron chi connectivity index (χ2n) is 7.03. The maximum atomic E-state index is 15.1. The van der Waals surface area contributed by atoms with Gasteiger partial charge < -0.3 is 5.11 Å². The fourth-order valence-electron chi connectivity index (χ4n) is 3.17. The van der Waals surface area contributed by atoms with Crippen LogP contribution in [0.3, 0.4) is 0 Å². The first-order valence-corrected chi connectivity index (χ1v) is 10.0. The molecule has 0 aromatic heterocycles. The van der Waals surface area contributed by atoms with Crippen molar-refractivity contribution < 1.29 is 27.1 Å². The summed E-state index contributed by atoms with van der Waals surface area (Å²) in [5.74, 6) is -3.74. The van der Waals surface area contributed by atoms with E-state index in [1.54, 1.807) is 10.8 Å². The lowest BCUT2D eigenvalue weighted by atomic mass is 9.99. The van der Waals surface area contributed by atoms with E-state index in [0.717, 1.165) is 18.4 Å². The highest BCUT2D eigenvalue weighted by molar-refractivity contribution is 7.92. The summed E-state index contributed by atoms with van der Waals surface area (Å²) in [5, 5.41) is 9.77. The molecule has 27 heavy (non-hydrogen) atoms. The summed E-state index contributed by atoms with van der Waals surface area (Å²) in [7, 11) is -4.39. The minimum atomic E-state index is -4.39. The van der Waals surface area contributed by atoms with Crippen LogP contribution in [0, 0.1) is 17.6 Å². The van der Waals surface area contributed by atoms with Crippen molar-refractivity contribution in [3.63, 3.8) is 0 Å². The number of fused-ring (bicyclic) bond motifs is 1. The predicted molar refractivity (Wildman–Crippen MR) is 97.7 cm³/mol. The number of hydrogen-bond donors (Lipinski definition) is 2. The molecule has 0 spiro atoms. The van der Waals surface area contributed by atoms with Crippen LogP contribution < -0.4 is 9.03 Å². The Hall–Kier alpha value is -2.42. The van der Waals surface area contributed by atoms with Crippen molar-refractivity contribution in [2.45, 2.75) is 33.1 Å². The maximum Gasteiger partial charge on any atom is 0.326 e. The molecule has 1 amide bonds. The summed E-state index contributed by atoms with van der Waals surface area (Å²) >= 11 is 0. The van der Waals surface area contributed by atoms with Crippen molar-refractivity contribution in [3.05, 3.63) is 35.4 Å². The number of halogens is 2. The van der Waals surface area contributed by atoms with Crippen LogP contribution in [0.25, 0.3) is 10.8 Å². The second-order valence-corrected chi connectivity index (χ2v) is 8.62. The van der Waals surface area contributed by atoms with E-state index in [1.165, 1.54) is 12.1 Å². The molecule has 1 fully saturated rings. The van der Waals surface area contributed by atoms with E-state index in [0.29, 0.717) is 16.6 Å². The van der Waals surface area contributed by atoms with Crippen LogP contribution in [0.4, 0.5) is 14.5 Å². The van der Waals surface area contributed by atoms with E-state index >= 15 is 4.39 Å². The number of anilines is 1. The molecular formula is C18H20F2N2O4S. The van der Waals surface area contributed by atoms with Crippen molar-refractivity contribution in [2.75, 3.05) is 10.8 Å². The Kier molecular flexibility index (Phi) is 4.98. The van der Waals surface area contributed by atoms with E-state index in [1.807, 2.05) is 0 Å². The van der Waals surface area contributed by atoms with Gasteiger partial charge in [0.2, 0.25) is 0 Å². The molecule has 1 saturated heterocycles. The Morgan fingerprint density at radius 2 is 1.93 bits per heavy atom. The third-order valence-corrected chi connectivity index (χ3v) is 5.89. The lowest BCUT2D eigenvalue weighted by molar-refractivity contribution is -0.117. The number of aryl methyl sites for hydroxylation is 1. The molecule has 146 valence electrons. The number of phenolic OH excluding ortho intramolecular Hbond substituents is 1. The van der Waals surface area contributed by atoms with Gasteiger partial charge in [0.05, 0.1) is 0 Å². The molecule has 2 aromatic rings. The molecule has 2 N–H and O–H groups in total. The summed E-state index contributed by atoms with van der Waals surface area (Å²) in [5.41, 5.74) is -0.0887. The second kappa shape index (κ2) is 6.95. The van der Waals surface area contributed by atoms with Gasteiger partial charge in [0.25, 0.3) is 5.91 Å². The van der Waals surface area contributed by atoms with Crippen molar-refractivity contribution in [1.29, 1.82) is 0 Å². The number of aromatic hydroxyl groups is 1. The van der Waals surface area contributed by atoms with Crippen LogP contribution in [-0.2, 0) is 21.4 Å². The van der Waals surface area contributed by atoms with Crippen LogP contribution in [0.15, 0.2) is 18.2 Å². The molecule has 3 rings (SSSR count). The molecule has 9 heteroatoms. The molecule has 0 radical (unpaired) electrons. The molecule has 0 atom stereocenters. The molecule has 6 nitrogen and oxygen atoms in total. The molecule has 0 aliphatic carbocycles. The lowest BCUT2D eigenvalue weighted by Crippen LogP contribution is -2.30. The number of rotatable bonds is 5. The maximum absolute atomic E-state index is 15.1. The minimum absolute atomic E-state index is 0.142. The van der Waals surface area contributed by atoms with Gasteiger partial charge in [0, 0.05) is 10.8 Å². The Bertz CT molecular complexity index is 1020. The van der Waals surface area contributed by atoms with Crippen LogP contribution in [0.5, 0.6) is 5.75 Å². The molecule has 0 unspecified atom stereocenters. The van der Waals surface area contributed by atoms with Gasteiger partial charge >= 0.3 is 10.2 Å². The fraction of sp³-hybridized carbons (Fsp3) is 0.389. The van der Waals surface area contributed by atoms with Gasteiger partial charge in [-0.2, -0.15) is 8.42 Å². The summed E-state index contributed by atoms with van der Waals surface area (Å²) in [6.07, 6.45) is 2.51. The number of carbonyl (C=O) groups is 1. The van der Waals surface area contributed by atoms with Gasteiger partial charge in [-0.3, -0.25) is 4.79 Å². The van der Waals surface area contributed by atoms with Crippen LogP contribution in [-0.4, -0.2) is 26.0 Å². The number of carbonyl (C=O) groups excluding carboxylic acids is 1. The van der Waals surface area contributed by atoms with Gasteiger partial charge in [0.1, 0.15) is 12.2 Å². The Labute approximate surface area is 156 Å². The summed E-state index contributed by atoms with van der Waals surface area (Å²) < 4.78 is 55.7. The highest BCUT2D eigenvalue weighted by atomic mass is 32.2. The quantitative estimate of drug-likeness (QED) is 0.811. The van der Waals surface area contributed by atoms with E-state index in [9.17, 15) is 22.7 Å². The molecule has 0 saturated carbocycles. The number of amides is 1. The minimum Gasteiger partial charge on any atom is -0.503 e. The lowest BCUT2D eigenvalue weighted by Gasteiger charge is -2.19. The van der Waals surface area contributed by atoms with E-state index in [4.69, 9.17) is 0 Å². The van der Waals surface area contributed by atoms with E-state index < -0.39 is 45.7 Å². The number of benzene rings is 2. The standard InChI is InChI=1S/C18H20F2N2O4S/c1-10(2)4-3-5-11-6-7-12-13(8-11)15(19)17(18(24)16(12)20)22-9-14(23)21-27(22,25)26/h6-8,10,24H,3-5,9H2,1-2H3,(H,21,23). The number of nitrogens with zero attached hydrogens (tertiary/aromatic N) is 1. The van der Waals surface area contributed by atoms with Crippen LogP contribution in [0.1, 0.15) is 32.3 Å². The first kappa shape index (κ1) is 19.3. The monoisotopic (exact) mass is 398 g/mol. The van der Waals surface area contributed by atoms with Gasteiger partial charge in [-0.15, -0.1) is 0 Å². The highest BCUT2D eigenvalue weighted by Gasteiger charge is 2.39. The Balaban J connectivity index is 2.11. The first-order valence-electron chi connectivity index (χ1n) is 8.57. The molecular weight excluding hydrogens is 378 g/mol. The largest absolute Gasteiger partial charge is 0.503 e. The van der Waals surface area contributed by atoms with Crippen molar-refractivity contribution in [3.8, 4) is 5.75 Å². The molecule has 1 aliphatic heterocycles. The zero-order valence-electron chi connectivity index (χ0n) is 14.9. The van der Waals surface area contributed by atoms with E-state index in [2.05, 4.69) is 13.8 Å². The van der Waals surface area contributed by atoms with Crippen molar-refractivity contribution in [1.82, 2.24) is 4.72 Å². The zero-order valence-corrected chi connectivity index (χ0v) is 15.7. The Morgan fingerprint density at radius 1 is 1.22 bits per heavy atom. The van der Waals surface area contributed by atoms with E-state index in [-0.39, 0.29) is 10.8 Å². The summed E-state index contributed by atoms with van der Waals surface area (Å²) in [4.78, 5) is 11.4. The van der Waals surface area contributed by atoms with Gasteiger partial charge in [0.15, 0.2) is 17.4 Å². The van der Waals surface area contributed by atoms with Crippen molar-refractivity contribution >= 4 is 32.6 Å². The van der Waals surface area contributed by atoms with Crippen LogP contribution in [0.2, 0.25) is 0 Å². The Morgan fingerprint density at radius 3 is 2.52 bits per heavy atom. The molecule has 1 heterocycles. The van der Waals surface area contributed by atoms with Crippen LogP contribution >= 0.6 is 0 Å². The average Bonchev–Trinajstić information content (AvgIpc) is 2.85. The first-order chi connectivity index (χ1) is 12.6.